The number of ether oxygens (including phenoxy) is 3. The molecule has 5 N–H and O–H groups in total. The molecule has 0 bridgehead atoms. The second-order valence-electron chi connectivity index (χ2n) is 12.0. The standard InChI is InChI=1S/C32H40F2N6O5S/c1-19-13-20(14-28(36)31(19)44-11-12-46(2,41)42)24-5-8-37-18-29(24)40-32-38-17-21(39-32)3-4-27(35)30-25(33)15-23(16-26(30)34)45-22-6-9-43-10-7-22/h3-5,8,15-20,22,28,31,35H,6-7,9-14,36H2,1-2H3,(H2,38,39,40)/b4-3-,35-27?/t19-,20+,28+,31-/m0/s1. The van der Waals surface area contributed by atoms with Gasteiger partial charge in [-0.05, 0) is 48.5 Å². The van der Waals surface area contributed by atoms with Crippen LogP contribution in [0.3, 0.4) is 0 Å². The van der Waals surface area contributed by atoms with Crippen LogP contribution in [0.15, 0.2) is 42.9 Å². The van der Waals surface area contributed by atoms with Crippen LogP contribution in [0.2, 0.25) is 0 Å². The molecule has 2 aliphatic rings. The molecule has 46 heavy (non-hydrogen) atoms. The summed E-state index contributed by atoms with van der Waals surface area (Å²) in [7, 11) is -3.12. The molecule has 1 saturated carbocycles. The van der Waals surface area contributed by atoms with Gasteiger partial charge >= 0.3 is 0 Å². The monoisotopic (exact) mass is 658 g/mol. The SMILES string of the molecule is C[C@H]1C[C@@H](c2ccncc2Nc2ncc(/C=C\C(=N)c3c(F)cc(OC4CCOCC4)cc3F)[nH]2)C[C@@H](N)[C@H]1OCCS(C)(=O)=O. The summed E-state index contributed by atoms with van der Waals surface area (Å²) < 4.78 is 69.6. The van der Waals surface area contributed by atoms with Crippen molar-refractivity contribution in [1.82, 2.24) is 15.0 Å². The van der Waals surface area contributed by atoms with Gasteiger partial charge in [0, 0.05) is 43.5 Å². The number of H-pyrrole nitrogens is 1. The van der Waals surface area contributed by atoms with Crippen molar-refractivity contribution in [2.75, 3.05) is 37.1 Å². The van der Waals surface area contributed by atoms with Gasteiger partial charge in [0.05, 0.1) is 66.7 Å². The minimum Gasteiger partial charge on any atom is -0.490 e. The molecule has 11 nitrogen and oxygen atoms in total. The van der Waals surface area contributed by atoms with Crippen molar-refractivity contribution in [3.05, 3.63) is 71.3 Å². The number of pyridine rings is 1. The van der Waals surface area contributed by atoms with Crippen molar-refractivity contribution in [1.29, 1.82) is 5.41 Å². The molecule has 3 aromatic rings. The molecule has 1 aliphatic carbocycles. The third-order valence-corrected chi connectivity index (χ3v) is 9.20. The van der Waals surface area contributed by atoms with Gasteiger partial charge in [-0.2, -0.15) is 0 Å². The van der Waals surface area contributed by atoms with Crippen molar-refractivity contribution in [3.63, 3.8) is 0 Å². The van der Waals surface area contributed by atoms with Crippen LogP contribution in [0.4, 0.5) is 20.4 Å². The zero-order valence-electron chi connectivity index (χ0n) is 25.8. The zero-order valence-corrected chi connectivity index (χ0v) is 26.7. The number of imidazole rings is 1. The first-order valence-corrected chi connectivity index (χ1v) is 17.3. The molecule has 14 heteroatoms. The van der Waals surface area contributed by atoms with Crippen LogP contribution in [0.5, 0.6) is 5.75 Å². The van der Waals surface area contributed by atoms with E-state index in [1.54, 1.807) is 12.4 Å². The van der Waals surface area contributed by atoms with E-state index >= 15 is 0 Å². The smallest absolute Gasteiger partial charge is 0.205 e. The Kier molecular flexibility index (Phi) is 10.8. The number of sulfone groups is 1. The van der Waals surface area contributed by atoms with Crippen LogP contribution in [0.25, 0.3) is 6.08 Å². The molecule has 1 aromatic carbocycles. The summed E-state index contributed by atoms with van der Waals surface area (Å²) in [5.74, 6) is -1.08. The number of halogens is 2. The molecule has 2 fully saturated rings. The van der Waals surface area contributed by atoms with Crippen molar-refractivity contribution >= 4 is 33.3 Å². The zero-order chi connectivity index (χ0) is 32.8. The molecule has 0 spiro atoms. The number of nitrogens with two attached hydrogens (primary N) is 1. The fourth-order valence-electron chi connectivity index (χ4n) is 6.04. The fourth-order valence-corrected chi connectivity index (χ4v) is 6.43. The molecule has 5 rings (SSSR count). The summed E-state index contributed by atoms with van der Waals surface area (Å²) in [5.41, 5.74) is 7.99. The number of hydrogen-bond acceptors (Lipinski definition) is 10. The maximum absolute atomic E-state index is 14.9. The number of allylic oxidation sites excluding steroid dienone is 1. The Morgan fingerprint density at radius 2 is 1.96 bits per heavy atom. The second-order valence-corrected chi connectivity index (χ2v) is 14.2. The first kappa shape index (κ1) is 33.6. The number of anilines is 2. The maximum atomic E-state index is 14.9. The van der Waals surface area contributed by atoms with Gasteiger partial charge < -0.3 is 35.7 Å². The van der Waals surface area contributed by atoms with Gasteiger partial charge in [0.2, 0.25) is 5.95 Å². The summed E-state index contributed by atoms with van der Waals surface area (Å²) in [4.78, 5) is 11.7. The lowest BCUT2D eigenvalue weighted by Crippen LogP contribution is -2.47. The van der Waals surface area contributed by atoms with E-state index in [0.717, 1.165) is 29.8 Å². The highest BCUT2D eigenvalue weighted by Crippen LogP contribution is 2.40. The molecule has 4 atom stereocenters. The molecule has 2 aromatic heterocycles. The largest absolute Gasteiger partial charge is 0.490 e. The molecule has 0 unspecified atom stereocenters. The molecule has 0 amide bonds. The second kappa shape index (κ2) is 14.8. The summed E-state index contributed by atoms with van der Waals surface area (Å²) in [6.07, 6.45) is 11.3. The Labute approximate surface area is 267 Å². The highest BCUT2D eigenvalue weighted by molar-refractivity contribution is 7.90. The van der Waals surface area contributed by atoms with E-state index in [4.69, 9.17) is 25.4 Å². The lowest BCUT2D eigenvalue weighted by molar-refractivity contribution is -0.0152. The van der Waals surface area contributed by atoms with E-state index < -0.39 is 27.0 Å². The van der Waals surface area contributed by atoms with Gasteiger partial charge in [-0.3, -0.25) is 4.98 Å². The predicted octanol–water partition coefficient (Wildman–Crippen LogP) is 4.74. The van der Waals surface area contributed by atoms with Crippen molar-refractivity contribution < 1.29 is 31.4 Å². The first-order valence-electron chi connectivity index (χ1n) is 15.3. The fraction of sp³-hybridized carbons (Fsp3) is 0.469. The number of benzene rings is 1. The Hall–Kier alpha value is -3.72. The van der Waals surface area contributed by atoms with E-state index in [0.29, 0.717) is 44.1 Å². The third-order valence-electron chi connectivity index (χ3n) is 8.29. The van der Waals surface area contributed by atoms with Crippen LogP contribution < -0.4 is 15.8 Å². The number of hydrogen-bond donors (Lipinski definition) is 4. The third kappa shape index (κ3) is 8.75. The highest BCUT2D eigenvalue weighted by atomic mass is 32.2. The van der Waals surface area contributed by atoms with Gasteiger partial charge in [0.1, 0.15) is 33.3 Å². The predicted molar refractivity (Wildman–Crippen MR) is 171 cm³/mol. The van der Waals surface area contributed by atoms with Crippen LogP contribution >= 0.6 is 0 Å². The van der Waals surface area contributed by atoms with Gasteiger partial charge in [0.25, 0.3) is 0 Å². The molecule has 3 heterocycles. The van der Waals surface area contributed by atoms with Gasteiger partial charge in [0.15, 0.2) is 0 Å². The summed E-state index contributed by atoms with van der Waals surface area (Å²) in [6.45, 7) is 3.26. The molecular formula is C32H40F2N6O5S. The summed E-state index contributed by atoms with van der Waals surface area (Å²) >= 11 is 0. The molecule has 1 saturated heterocycles. The van der Waals surface area contributed by atoms with E-state index in [1.165, 1.54) is 24.6 Å². The minimum absolute atomic E-state index is 0.0420. The average molecular weight is 659 g/mol. The Morgan fingerprint density at radius 1 is 1.22 bits per heavy atom. The lowest BCUT2D eigenvalue weighted by Gasteiger charge is -2.39. The average Bonchev–Trinajstić information content (AvgIpc) is 3.44. The van der Waals surface area contributed by atoms with Crippen LogP contribution in [0, 0.1) is 23.0 Å². The van der Waals surface area contributed by atoms with Crippen LogP contribution in [-0.4, -0.2) is 79.2 Å². The van der Waals surface area contributed by atoms with Crippen molar-refractivity contribution in [2.45, 2.75) is 56.8 Å². The number of rotatable bonds is 12. The number of aromatic amines is 1. The Morgan fingerprint density at radius 3 is 2.65 bits per heavy atom. The first-order chi connectivity index (χ1) is 22.0. The van der Waals surface area contributed by atoms with Crippen LogP contribution in [0.1, 0.15) is 55.3 Å². The van der Waals surface area contributed by atoms with E-state index in [2.05, 4.69) is 27.2 Å². The van der Waals surface area contributed by atoms with Crippen molar-refractivity contribution in [3.8, 4) is 5.75 Å². The lowest BCUT2D eigenvalue weighted by atomic mass is 9.74. The summed E-state index contributed by atoms with van der Waals surface area (Å²) in [6, 6.07) is 3.87. The van der Waals surface area contributed by atoms with E-state index in [-0.39, 0.29) is 53.9 Å². The molecule has 248 valence electrons. The molecular weight excluding hydrogens is 618 g/mol. The quantitative estimate of drug-likeness (QED) is 0.201. The van der Waals surface area contributed by atoms with Gasteiger partial charge in [-0.25, -0.2) is 22.2 Å². The Bertz CT molecular complexity index is 1620. The van der Waals surface area contributed by atoms with Crippen molar-refractivity contribution in [2.24, 2.45) is 11.7 Å². The normalized spacial score (nSPS) is 22.6. The van der Waals surface area contributed by atoms with Crippen LogP contribution in [-0.2, 0) is 19.3 Å². The maximum Gasteiger partial charge on any atom is 0.205 e. The number of aromatic nitrogens is 3. The minimum atomic E-state index is -3.12. The van der Waals surface area contributed by atoms with E-state index in [9.17, 15) is 17.2 Å². The molecule has 0 radical (unpaired) electrons. The molecule has 1 aliphatic heterocycles. The number of nitrogens with one attached hydrogen (secondary N) is 3. The van der Waals surface area contributed by atoms with E-state index in [1.807, 2.05) is 6.07 Å². The van der Waals surface area contributed by atoms with Gasteiger partial charge in [-0.15, -0.1) is 0 Å². The Balaban J connectivity index is 1.21. The number of nitrogens with zero attached hydrogens (tertiary/aromatic N) is 2. The topological polar surface area (TPSA) is 165 Å². The van der Waals surface area contributed by atoms with Gasteiger partial charge in [-0.1, -0.05) is 6.92 Å². The summed E-state index contributed by atoms with van der Waals surface area (Å²) in [5, 5.41) is 11.6. The highest BCUT2D eigenvalue weighted by Gasteiger charge is 2.36.